The standard InChI is InChI=1S/C13H18ClNO2/c1-3-4-7-15(9-13(16)17)12-6-5-11(14)8-10(12)2/h5-6,8H,3-4,7,9H2,1-2H3,(H,16,17). The molecule has 0 atom stereocenters. The molecule has 0 heterocycles. The molecule has 0 saturated carbocycles. The van der Waals surface area contributed by atoms with Gasteiger partial charge in [-0.25, -0.2) is 0 Å². The van der Waals surface area contributed by atoms with Gasteiger partial charge < -0.3 is 10.0 Å². The van der Waals surface area contributed by atoms with Gasteiger partial charge in [-0.15, -0.1) is 0 Å². The molecule has 0 aromatic heterocycles. The van der Waals surface area contributed by atoms with Gasteiger partial charge in [-0.2, -0.15) is 0 Å². The summed E-state index contributed by atoms with van der Waals surface area (Å²) in [5.41, 5.74) is 1.96. The van der Waals surface area contributed by atoms with Crippen LogP contribution in [0.2, 0.25) is 5.02 Å². The fraction of sp³-hybridized carbons (Fsp3) is 0.462. The third kappa shape index (κ3) is 4.27. The number of aryl methyl sites for hydroxylation is 1. The van der Waals surface area contributed by atoms with Crippen LogP contribution in [0.1, 0.15) is 25.3 Å². The summed E-state index contributed by atoms with van der Waals surface area (Å²) in [6, 6.07) is 5.54. The van der Waals surface area contributed by atoms with Crippen molar-refractivity contribution in [1.82, 2.24) is 0 Å². The Kier molecular flexibility index (Phi) is 5.29. The molecule has 0 unspecified atom stereocenters. The van der Waals surface area contributed by atoms with Crippen molar-refractivity contribution >= 4 is 23.3 Å². The van der Waals surface area contributed by atoms with Crippen molar-refractivity contribution in [3.63, 3.8) is 0 Å². The number of hydrogen-bond acceptors (Lipinski definition) is 2. The lowest BCUT2D eigenvalue weighted by atomic mass is 10.1. The Balaban J connectivity index is 2.90. The molecule has 17 heavy (non-hydrogen) atoms. The molecular formula is C13H18ClNO2. The van der Waals surface area contributed by atoms with Gasteiger partial charge in [-0.3, -0.25) is 4.79 Å². The van der Waals surface area contributed by atoms with Gasteiger partial charge in [0.15, 0.2) is 0 Å². The van der Waals surface area contributed by atoms with Gasteiger partial charge in [0.05, 0.1) is 0 Å². The number of carboxylic acid groups (broad SMARTS) is 1. The van der Waals surface area contributed by atoms with Gasteiger partial charge in [-0.1, -0.05) is 24.9 Å². The first-order valence-corrected chi connectivity index (χ1v) is 6.15. The first-order valence-electron chi connectivity index (χ1n) is 5.77. The zero-order chi connectivity index (χ0) is 12.8. The number of unbranched alkanes of at least 4 members (excludes halogenated alkanes) is 1. The Morgan fingerprint density at radius 2 is 2.18 bits per heavy atom. The number of carbonyl (C=O) groups is 1. The summed E-state index contributed by atoms with van der Waals surface area (Å²) in [6.07, 6.45) is 2.03. The predicted octanol–water partition coefficient (Wildman–Crippen LogP) is 3.34. The second-order valence-corrected chi connectivity index (χ2v) is 4.54. The van der Waals surface area contributed by atoms with Gasteiger partial charge in [-0.05, 0) is 37.1 Å². The highest BCUT2D eigenvalue weighted by Gasteiger charge is 2.12. The Morgan fingerprint density at radius 3 is 2.71 bits per heavy atom. The van der Waals surface area contributed by atoms with Crippen molar-refractivity contribution in [2.75, 3.05) is 18.0 Å². The number of aliphatic carboxylic acids is 1. The van der Waals surface area contributed by atoms with Gasteiger partial charge in [0, 0.05) is 17.3 Å². The van der Waals surface area contributed by atoms with Crippen molar-refractivity contribution in [3.05, 3.63) is 28.8 Å². The van der Waals surface area contributed by atoms with E-state index in [1.165, 1.54) is 0 Å². The molecule has 1 aromatic rings. The number of halogens is 1. The molecule has 0 aliphatic heterocycles. The lowest BCUT2D eigenvalue weighted by Gasteiger charge is -2.24. The van der Waals surface area contributed by atoms with Crippen molar-refractivity contribution in [3.8, 4) is 0 Å². The lowest BCUT2D eigenvalue weighted by Crippen LogP contribution is -2.31. The van der Waals surface area contributed by atoms with Crippen LogP contribution in [0.4, 0.5) is 5.69 Å². The second kappa shape index (κ2) is 6.50. The fourth-order valence-electron chi connectivity index (χ4n) is 1.77. The number of hydrogen-bond donors (Lipinski definition) is 1. The molecule has 0 radical (unpaired) electrons. The van der Waals surface area contributed by atoms with E-state index in [4.69, 9.17) is 16.7 Å². The summed E-state index contributed by atoms with van der Waals surface area (Å²) < 4.78 is 0. The minimum Gasteiger partial charge on any atom is -0.480 e. The fourth-order valence-corrected chi connectivity index (χ4v) is 2.00. The topological polar surface area (TPSA) is 40.5 Å². The molecule has 1 aromatic carbocycles. The van der Waals surface area contributed by atoms with E-state index in [0.29, 0.717) is 5.02 Å². The van der Waals surface area contributed by atoms with Crippen LogP contribution in [0.5, 0.6) is 0 Å². The molecule has 0 spiro atoms. The van der Waals surface area contributed by atoms with E-state index in [0.717, 1.165) is 30.6 Å². The third-order valence-electron chi connectivity index (χ3n) is 2.61. The number of benzene rings is 1. The molecule has 0 aliphatic rings. The number of rotatable bonds is 6. The van der Waals surface area contributed by atoms with E-state index < -0.39 is 5.97 Å². The molecule has 0 fully saturated rings. The Morgan fingerprint density at radius 1 is 1.47 bits per heavy atom. The summed E-state index contributed by atoms with van der Waals surface area (Å²) in [6.45, 7) is 4.82. The van der Waals surface area contributed by atoms with Gasteiger partial charge in [0.1, 0.15) is 6.54 Å². The normalized spacial score (nSPS) is 10.3. The summed E-state index contributed by atoms with van der Waals surface area (Å²) in [4.78, 5) is 12.7. The van der Waals surface area contributed by atoms with Crippen molar-refractivity contribution in [2.45, 2.75) is 26.7 Å². The highest BCUT2D eigenvalue weighted by atomic mass is 35.5. The first-order chi connectivity index (χ1) is 8.04. The third-order valence-corrected chi connectivity index (χ3v) is 2.84. The van der Waals surface area contributed by atoms with Crippen LogP contribution < -0.4 is 4.90 Å². The summed E-state index contributed by atoms with van der Waals surface area (Å²) in [5, 5.41) is 9.60. The molecule has 1 rings (SSSR count). The molecule has 94 valence electrons. The van der Waals surface area contributed by atoms with E-state index in [1.54, 1.807) is 6.07 Å². The van der Waals surface area contributed by atoms with E-state index in [2.05, 4.69) is 6.92 Å². The van der Waals surface area contributed by atoms with Crippen molar-refractivity contribution < 1.29 is 9.90 Å². The summed E-state index contributed by atoms with van der Waals surface area (Å²) in [5.74, 6) is -0.810. The highest BCUT2D eigenvalue weighted by Crippen LogP contribution is 2.23. The summed E-state index contributed by atoms with van der Waals surface area (Å²) >= 11 is 5.90. The zero-order valence-corrected chi connectivity index (χ0v) is 11.0. The van der Waals surface area contributed by atoms with Gasteiger partial charge in [0.2, 0.25) is 0 Å². The van der Waals surface area contributed by atoms with E-state index >= 15 is 0 Å². The molecule has 0 aliphatic carbocycles. The number of carboxylic acids is 1. The van der Waals surface area contributed by atoms with E-state index in [-0.39, 0.29) is 6.54 Å². The molecule has 0 amide bonds. The maximum atomic E-state index is 10.9. The van der Waals surface area contributed by atoms with E-state index in [1.807, 2.05) is 24.0 Å². The van der Waals surface area contributed by atoms with Crippen molar-refractivity contribution in [1.29, 1.82) is 0 Å². The average molecular weight is 256 g/mol. The quantitative estimate of drug-likeness (QED) is 0.848. The molecule has 1 N–H and O–H groups in total. The maximum Gasteiger partial charge on any atom is 0.323 e. The molecule has 0 saturated heterocycles. The first kappa shape index (κ1) is 13.8. The van der Waals surface area contributed by atoms with Crippen LogP contribution in [-0.4, -0.2) is 24.2 Å². The predicted molar refractivity (Wildman–Crippen MR) is 70.9 cm³/mol. The number of anilines is 1. The van der Waals surface area contributed by atoms with Crippen LogP contribution >= 0.6 is 11.6 Å². The maximum absolute atomic E-state index is 10.9. The summed E-state index contributed by atoms with van der Waals surface area (Å²) in [7, 11) is 0. The number of nitrogens with zero attached hydrogens (tertiary/aromatic N) is 1. The lowest BCUT2D eigenvalue weighted by molar-refractivity contribution is -0.135. The average Bonchev–Trinajstić information content (AvgIpc) is 2.24. The molecule has 3 nitrogen and oxygen atoms in total. The van der Waals surface area contributed by atoms with Gasteiger partial charge in [0.25, 0.3) is 0 Å². The van der Waals surface area contributed by atoms with Crippen LogP contribution in [-0.2, 0) is 4.79 Å². The van der Waals surface area contributed by atoms with Crippen molar-refractivity contribution in [2.24, 2.45) is 0 Å². The Labute approximate surface area is 107 Å². The Bertz CT molecular complexity index is 393. The van der Waals surface area contributed by atoms with Gasteiger partial charge >= 0.3 is 5.97 Å². The molecule has 0 bridgehead atoms. The van der Waals surface area contributed by atoms with Crippen LogP contribution in [0.15, 0.2) is 18.2 Å². The highest BCUT2D eigenvalue weighted by molar-refractivity contribution is 6.30. The second-order valence-electron chi connectivity index (χ2n) is 4.10. The zero-order valence-electron chi connectivity index (χ0n) is 10.2. The van der Waals surface area contributed by atoms with E-state index in [9.17, 15) is 4.79 Å². The Hall–Kier alpha value is -1.22. The molecular weight excluding hydrogens is 238 g/mol. The van der Waals surface area contributed by atoms with Crippen LogP contribution in [0, 0.1) is 6.92 Å². The van der Waals surface area contributed by atoms with Crippen LogP contribution in [0.25, 0.3) is 0 Å². The largest absolute Gasteiger partial charge is 0.480 e. The smallest absolute Gasteiger partial charge is 0.323 e. The minimum atomic E-state index is -0.810. The minimum absolute atomic E-state index is 0.0302. The SMILES string of the molecule is CCCCN(CC(=O)O)c1ccc(Cl)cc1C. The molecule has 4 heteroatoms. The monoisotopic (exact) mass is 255 g/mol. The van der Waals surface area contributed by atoms with Crippen LogP contribution in [0.3, 0.4) is 0 Å².